The van der Waals surface area contributed by atoms with Crippen molar-refractivity contribution in [3.05, 3.63) is 15.9 Å². The molecule has 1 N–H and O–H groups in total. The van der Waals surface area contributed by atoms with Gasteiger partial charge in [0.15, 0.2) is 5.78 Å². The smallest absolute Gasteiger partial charge is 0.225 e. The van der Waals surface area contributed by atoms with Crippen LogP contribution in [0.2, 0.25) is 0 Å². The maximum Gasteiger partial charge on any atom is 0.225 e. The van der Waals surface area contributed by atoms with Gasteiger partial charge >= 0.3 is 0 Å². The van der Waals surface area contributed by atoms with Crippen LogP contribution in [0.4, 0.5) is 0 Å². The predicted molar refractivity (Wildman–Crippen MR) is 86.0 cm³/mol. The normalized spacial score (nSPS) is 13.1. The fourth-order valence-corrected chi connectivity index (χ4v) is 2.09. The zero-order valence-electron chi connectivity index (χ0n) is 13.6. The lowest BCUT2D eigenvalue weighted by Crippen LogP contribution is -2.39. The highest BCUT2D eigenvalue weighted by Gasteiger charge is 2.23. The molecule has 0 aliphatic rings. The van der Waals surface area contributed by atoms with Crippen LogP contribution < -0.4 is 5.32 Å². The van der Waals surface area contributed by atoms with E-state index in [0.717, 1.165) is 15.9 Å². The Labute approximate surface area is 134 Å². The second kappa shape index (κ2) is 6.73. The summed E-state index contributed by atoms with van der Waals surface area (Å²) in [5, 5.41) is 7.10. The molecular weight excluding hydrogens is 334 g/mol. The second-order valence-electron chi connectivity index (χ2n) is 6.46. The molecule has 0 aliphatic carbocycles. The van der Waals surface area contributed by atoms with Gasteiger partial charge in [-0.05, 0) is 29.8 Å². The van der Waals surface area contributed by atoms with Gasteiger partial charge in [0.25, 0.3) is 0 Å². The molecule has 1 atom stereocenters. The molecule has 0 bridgehead atoms. The highest BCUT2D eigenvalue weighted by atomic mass is 79.9. The summed E-state index contributed by atoms with van der Waals surface area (Å²) in [5.41, 5.74) is 1.47. The van der Waals surface area contributed by atoms with E-state index < -0.39 is 5.41 Å². The number of aryl methyl sites for hydroxylation is 1. The lowest BCUT2D eigenvalue weighted by atomic mass is 9.91. The molecule has 1 rings (SSSR count). The van der Waals surface area contributed by atoms with Crippen molar-refractivity contribution >= 4 is 27.6 Å². The van der Waals surface area contributed by atoms with Crippen LogP contribution in [-0.2, 0) is 16.1 Å². The standard InChI is InChI=1S/C15H24BrN3O2/c1-9(8-19-11(3)13(16)10(2)18-19)14(21)17-7-12(20)15(4,5)6/h9H,7-8H2,1-6H3,(H,17,21). The third-order valence-electron chi connectivity index (χ3n) is 3.45. The molecule has 0 aromatic carbocycles. The molecular formula is C15H24BrN3O2. The molecule has 118 valence electrons. The number of nitrogens with one attached hydrogen (secondary N) is 1. The largest absolute Gasteiger partial charge is 0.349 e. The molecule has 21 heavy (non-hydrogen) atoms. The zero-order valence-corrected chi connectivity index (χ0v) is 15.2. The van der Waals surface area contributed by atoms with Gasteiger partial charge in [-0.2, -0.15) is 5.10 Å². The third kappa shape index (κ3) is 4.66. The number of aromatic nitrogens is 2. The van der Waals surface area contributed by atoms with Crippen LogP contribution in [0.3, 0.4) is 0 Å². The van der Waals surface area contributed by atoms with Gasteiger partial charge in [0, 0.05) is 11.1 Å². The van der Waals surface area contributed by atoms with E-state index in [1.165, 1.54) is 0 Å². The number of amides is 1. The Balaban J connectivity index is 2.59. The van der Waals surface area contributed by atoms with E-state index in [4.69, 9.17) is 0 Å². The molecule has 0 aliphatic heterocycles. The number of rotatable bonds is 5. The first kappa shape index (κ1) is 17.9. The van der Waals surface area contributed by atoms with Crippen molar-refractivity contribution in [2.75, 3.05) is 6.54 Å². The van der Waals surface area contributed by atoms with E-state index in [1.807, 2.05) is 46.2 Å². The lowest BCUT2D eigenvalue weighted by molar-refractivity contribution is -0.130. The molecule has 1 heterocycles. The highest BCUT2D eigenvalue weighted by molar-refractivity contribution is 9.10. The number of hydrogen-bond donors (Lipinski definition) is 1. The first-order valence-corrected chi connectivity index (χ1v) is 7.84. The molecule has 0 saturated carbocycles. The number of halogens is 1. The van der Waals surface area contributed by atoms with Crippen LogP contribution in [-0.4, -0.2) is 28.0 Å². The summed E-state index contributed by atoms with van der Waals surface area (Å²) in [6, 6.07) is 0. The van der Waals surface area contributed by atoms with Crippen molar-refractivity contribution in [3.8, 4) is 0 Å². The van der Waals surface area contributed by atoms with Gasteiger partial charge in [-0.15, -0.1) is 0 Å². The SMILES string of the molecule is Cc1nn(CC(C)C(=O)NCC(=O)C(C)(C)C)c(C)c1Br. The highest BCUT2D eigenvalue weighted by Crippen LogP contribution is 2.20. The molecule has 1 unspecified atom stereocenters. The predicted octanol–water partition coefficient (Wildman–Crippen LogP) is 2.63. The van der Waals surface area contributed by atoms with Crippen molar-refractivity contribution in [2.45, 2.75) is 48.1 Å². The molecule has 1 aromatic heterocycles. The minimum atomic E-state index is -0.433. The average Bonchev–Trinajstić information content (AvgIpc) is 2.61. The monoisotopic (exact) mass is 357 g/mol. The van der Waals surface area contributed by atoms with Gasteiger partial charge in [-0.3, -0.25) is 14.3 Å². The molecule has 0 fully saturated rings. The summed E-state index contributed by atoms with van der Waals surface area (Å²) in [6.45, 7) is 11.8. The minimum Gasteiger partial charge on any atom is -0.349 e. The van der Waals surface area contributed by atoms with Crippen molar-refractivity contribution in [1.29, 1.82) is 0 Å². The van der Waals surface area contributed by atoms with E-state index in [-0.39, 0.29) is 24.2 Å². The Bertz CT molecular complexity index is 544. The van der Waals surface area contributed by atoms with Crippen molar-refractivity contribution in [2.24, 2.45) is 11.3 Å². The maximum absolute atomic E-state index is 12.1. The Kier molecular flexibility index (Phi) is 5.73. The minimum absolute atomic E-state index is 0.0249. The fraction of sp³-hybridized carbons (Fsp3) is 0.667. The number of hydrogen-bond acceptors (Lipinski definition) is 3. The van der Waals surface area contributed by atoms with Gasteiger partial charge in [0.05, 0.1) is 29.2 Å². The second-order valence-corrected chi connectivity index (χ2v) is 7.25. The molecule has 0 saturated heterocycles. The van der Waals surface area contributed by atoms with Crippen molar-refractivity contribution < 1.29 is 9.59 Å². The van der Waals surface area contributed by atoms with Crippen LogP contribution in [0.1, 0.15) is 39.1 Å². The van der Waals surface area contributed by atoms with E-state index in [2.05, 4.69) is 26.3 Å². The topological polar surface area (TPSA) is 64.0 Å². The Morgan fingerprint density at radius 3 is 2.33 bits per heavy atom. The summed E-state index contributed by atoms with van der Waals surface area (Å²) < 4.78 is 2.79. The van der Waals surface area contributed by atoms with E-state index in [0.29, 0.717) is 6.54 Å². The van der Waals surface area contributed by atoms with Crippen LogP contribution in [0.15, 0.2) is 4.47 Å². The van der Waals surface area contributed by atoms with Crippen LogP contribution in [0, 0.1) is 25.2 Å². The summed E-state index contributed by atoms with van der Waals surface area (Å²) in [6.07, 6.45) is 0. The first-order chi connectivity index (χ1) is 9.54. The van der Waals surface area contributed by atoms with E-state index >= 15 is 0 Å². The Hall–Kier alpha value is -1.17. The third-order valence-corrected chi connectivity index (χ3v) is 4.59. The number of nitrogens with zero attached hydrogens (tertiary/aromatic N) is 2. The van der Waals surface area contributed by atoms with Crippen LogP contribution in [0.25, 0.3) is 0 Å². The van der Waals surface area contributed by atoms with Crippen LogP contribution in [0.5, 0.6) is 0 Å². The van der Waals surface area contributed by atoms with Crippen molar-refractivity contribution in [3.63, 3.8) is 0 Å². The van der Waals surface area contributed by atoms with E-state index in [9.17, 15) is 9.59 Å². The van der Waals surface area contributed by atoms with Crippen LogP contribution >= 0.6 is 15.9 Å². The Morgan fingerprint density at radius 1 is 1.33 bits per heavy atom. The Morgan fingerprint density at radius 2 is 1.90 bits per heavy atom. The molecule has 6 heteroatoms. The van der Waals surface area contributed by atoms with Gasteiger partial charge in [-0.25, -0.2) is 0 Å². The zero-order chi connectivity index (χ0) is 16.4. The number of Topliss-reactive ketones (excluding diaryl/α,β-unsaturated/α-hetero) is 1. The quantitative estimate of drug-likeness (QED) is 0.880. The molecule has 0 radical (unpaired) electrons. The lowest BCUT2D eigenvalue weighted by Gasteiger charge is -2.18. The molecule has 0 spiro atoms. The van der Waals surface area contributed by atoms with Crippen molar-refractivity contribution in [1.82, 2.24) is 15.1 Å². The number of carbonyl (C=O) groups excluding carboxylic acids is 2. The van der Waals surface area contributed by atoms with Gasteiger partial charge in [0.1, 0.15) is 0 Å². The number of ketones is 1. The number of carbonyl (C=O) groups is 2. The van der Waals surface area contributed by atoms with Gasteiger partial charge < -0.3 is 5.32 Å². The summed E-state index contributed by atoms with van der Waals surface area (Å²) in [4.78, 5) is 23.9. The molecule has 1 amide bonds. The maximum atomic E-state index is 12.1. The van der Waals surface area contributed by atoms with Gasteiger partial charge in [-0.1, -0.05) is 27.7 Å². The molecule has 5 nitrogen and oxygen atoms in total. The molecule has 1 aromatic rings. The van der Waals surface area contributed by atoms with Gasteiger partial charge in [0.2, 0.25) is 5.91 Å². The summed E-state index contributed by atoms with van der Waals surface area (Å²) >= 11 is 3.47. The summed E-state index contributed by atoms with van der Waals surface area (Å²) in [7, 11) is 0. The first-order valence-electron chi connectivity index (χ1n) is 7.04. The fourth-order valence-electron chi connectivity index (χ4n) is 1.80. The van der Waals surface area contributed by atoms with E-state index in [1.54, 1.807) is 0 Å². The summed E-state index contributed by atoms with van der Waals surface area (Å²) in [5.74, 6) is -0.351. The average molecular weight is 358 g/mol.